The minimum Gasteiger partial charge on any atom is -0.489 e. The van der Waals surface area contributed by atoms with Gasteiger partial charge in [-0.1, -0.05) is 66.2 Å². The Labute approximate surface area is 243 Å². The third-order valence-corrected chi connectivity index (χ3v) is 8.32. The Morgan fingerprint density at radius 3 is 2.63 bits per heavy atom. The maximum atomic E-state index is 14.1. The Bertz CT molecular complexity index is 1890. The van der Waals surface area contributed by atoms with E-state index in [1.165, 1.54) is 17.4 Å². The van der Waals surface area contributed by atoms with Crippen LogP contribution in [0.4, 0.5) is 4.39 Å². The van der Waals surface area contributed by atoms with Crippen molar-refractivity contribution >= 4 is 39.0 Å². The van der Waals surface area contributed by atoms with E-state index in [1.54, 1.807) is 54.6 Å². The molecule has 0 saturated heterocycles. The van der Waals surface area contributed by atoms with Crippen molar-refractivity contribution in [3.05, 3.63) is 135 Å². The molecule has 1 aromatic heterocycles. The third kappa shape index (κ3) is 5.09. The van der Waals surface area contributed by atoms with Gasteiger partial charge in [-0.15, -0.1) is 11.3 Å². The number of nitriles is 1. The second kappa shape index (κ2) is 11.0. The fourth-order valence-electron chi connectivity index (χ4n) is 4.70. The molecule has 9 heteroatoms. The first-order chi connectivity index (χ1) is 19.9. The Morgan fingerprint density at radius 2 is 1.83 bits per heavy atom. The number of halogens is 2. The fourth-order valence-corrected chi connectivity index (χ4v) is 6.09. The van der Waals surface area contributed by atoms with E-state index in [1.807, 2.05) is 30.3 Å². The predicted octanol–water partition coefficient (Wildman–Crippen LogP) is 7.71. The molecule has 5 aromatic rings. The van der Waals surface area contributed by atoms with E-state index in [9.17, 15) is 14.4 Å². The normalized spacial score (nSPS) is 14.2. The Morgan fingerprint density at radius 1 is 1.02 bits per heavy atom. The van der Waals surface area contributed by atoms with E-state index in [2.05, 4.69) is 6.07 Å². The molecule has 2 heterocycles. The van der Waals surface area contributed by atoms with Gasteiger partial charge in [-0.2, -0.15) is 5.26 Å². The van der Waals surface area contributed by atoms with E-state index >= 15 is 0 Å². The van der Waals surface area contributed by atoms with Gasteiger partial charge in [-0.25, -0.2) is 9.18 Å². The molecule has 1 aliphatic rings. The van der Waals surface area contributed by atoms with E-state index in [0.717, 1.165) is 15.6 Å². The number of ether oxygens (including phenoxy) is 3. The van der Waals surface area contributed by atoms with Crippen LogP contribution in [-0.2, 0) is 6.61 Å². The first kappa shape index (κ1) is 26.4. The van der Waals surface area contributed by atoms with Gasteiger partial charge in [-0.05, 0) is 35.9 Å². The monoisotopic (exact) mass is 582 g/mol. The van der Waals surface area contributed by atoms with E-state index in [-0.39, 0.29) is 29.6 Å². The number of nitrogens with two attached hydrogens (primary N) is 1. The molecule has 2 N–H and O–H groups in total. The number of carbonyl (C=O) groups excluding carboxylic acids is 1. The molecule has 202 valence electrons. The van der Waals surface area contributed by atoms with E-state index in [4.69, 9.17) is 31.5 Å². The van der Waals surface area contributed by atoms with Gasteiger partial charge < -0.3 is 19.9 Å². The lowest BCUT2D eigenvalue weighted by atomic mass is 9.83. The number of esters is 1. The summed E-state index contributed by atoms with van der Waals surface area (Å²) >= 11 is 7.70. The minimum atomic E-state index is -0.593. The lowest BCUT2D eigenvalue weighted by Gasteiger charge is -2.27. The second-order valence-electron chi connectivity index (χ2n) is 9.21. The van der Waals surface area contributed by atoms with Crippen molar-refractivity contribution in [2.24, 2.45) is 5.73 Å². The van der Waals surface area contributed by atoms with Gasteiger partial charge in [-0.3, -0.25) is 0 Å². The molecule has 1 aliphatic heterocycles. The van der Waals surface area contributed by atoms with Crippen LogP contribution in [0.5, 0.6) is 17.2 Å². The summed E-state index contributed by atoms with van der Waals surface area (Å²) in [5.74, 6) is -0.491. The molecule has 0 aliphatic carbocycles. The molecule has 6 nitrogen and oxygen atoms in total. The van der Waals surface area contributed by atoms with Crippen LogP contribution in [0, 0.1) is 17.1 Å². The topological polar surface area (TPSA) is 94.6 Å². The van der Waals surface area contributed by atoms with Crippen molar-refractivity contribution in [1.29, 1.82) is 5.26 Å². The van der Waals surface area contributed by atoms with Gasteiger partial charge in [0.15, 0.2) is 0 Å². The zero-order valence-corrected chi connectivity index (χ0v) is 22.8. The minimum absolute atomic E-state index is 0.0438. The first-order valence-corrected chi connectivity index (χ1v) is 13.7. The standard InChI is InChI=1S/C32H20ClFN2O4S/c33-29-23-9-2-4-11-27(23)41-30(29)32(37)39-21-12-13-22-26(15-21)40-31(36)24(16-35)28(22)18-7-5-8-20(14-18)38-17-19-6-1-3-10-25(19)34/h1-15,28H,17,36H2. The largest absolute Gasteiger partial charge is 0.489 e. The van der Waals surface area contributed by atoms with Crippen molar-refractivity contribution in [2.75, 3.05) is 0 Å². The van der Waals surface area contributed by atoms with E-state index in [0.29, 0.717) is 32.5 Å². The molecule has 0 radical (unpaired) electrons. The van der Waals surface area contributed by atoms with Gasteiger partial charge >= 0.3 is 5.97 Å². The highest BCUT2D eigenvalue weighted by Gasteiger charge is 2.31. The summed E-state index contributed by atoms with van der Waals surface area (Å²) in [5.41, 5.74) is 8.20. The van der Waals surface area contributed by atoms with Crippen LogP contribution in [0.2, 0.25) is 5.02 Å². The summed E-state index contributed by atoms with van der Waals surface area (Å²) in [6.07, 6.45) is 0. The first-order valence-electron chi connectivity index (χ1n) is 12.5. The van der Waals surface area contributed by atoms with Gasteiger partial charge in [0.05, 0.1) is 10.9 Å². The molecule has 1 atom stereocenters. The molecule has 0 saturated carbocycles. The van der Waals surface area contributed by atoms with Crippen LogP contribution in [0.15, 0.2) is 102 Å². The van der Waals surface area contributed by atoms with Crippen molar-refractivity contribution in [3.8, 4) is 23.3 Å². The van der Waals surface area contributed by atoms with Gasteiger partial charge in [0.25, 0.3) is 0 Å². The number of allylic oxidation sites excluding steroid dienone is 1. The molecule has 6 rings (SSSR count). The summed E-state index contributed by atoms with van der Waals surface area (Å²) in [4.78, 5) is 13.3. The van der Waals surface area contributed by atoms with Crippen LogP contribution in [0.1, 0.15) is 32.3 Å². The van der Waals surface area contributed by atoms with Crippen LogP contribution >= 0.6 is 22.9 Å². The lowest BCUT2D eigenvalue weighted by molar-refractivity contribution is 0.0740. The summed E-state index contributed by atoms with van der Waals surface area (Å²) < 4.78 is 32.2. The van der Waals surface area contributed by atoms with Gasteiger partial charge in [0.2, 0.25) is 5.88 Å². The maximum absolute atomic E-state index is 14.1. The fraction of sp³-hybridized carbons (Fsp3) is 0.0625. The number of thiophene rings is 1. The number of hydrogen-bond donors (Lipinski definition) is 1. The lowest BCUT2D eigenvalue weighted by Crippen LogP contribution is -2.21. The van der Waals surface area contributed by atoms with Crippen LogP contribution in [0.3, 0.4) is 0 Å². The number of hydrogen-bond acceptors (Lipinski definition) is 7. The summed E-state index contributed by atoms with van der Waals surface area (Å²) in [6, 6.07) is 28.1. The SMILES string of the molecule is N#CC1=C(N)Oc2cc(OC(=O)c3sc4ccccc4c3Cl)ccc2C1c1cccc(OCc2ccccc2F)c1. The smallest absolute Gasteiger partial charge is 0.355 e. The van der Waals surface area contributed by atoms with Crippen molar-refractivity contribution in [2.45, 2.75) is 12.5 Å². The highest BCUT2D eigenvalue weighted by Crippen LogP contribution is 2.44. The Kier molecular flexibility index (Phi) is 7.06. The van der Waals surface area contributed by atoms with Gasteiger partial charge in [0, 0.05) is 27.3 Å². The molecule has 1 unspecified atom stereocenters. The summed E-state index contributed by atoms with van der Waals surface area (Å²) in [5, 5.41) is 11.1. The molecule has 0 spiro atoms. The number of carbonyl (C=O) groups is 1. The number of nitrogens with zero attached hydrogens (tertiary/aromatic N) is 1. The zero-order chi connectivity index (χ0) is 28.5. The molecular formula is C32H20ClFN2O4S. The number of benzene rings is 4. The average Bonchev–Trinajstić information content (AvgIpc) is 3.32. The molecule has 41 heavy (non-hydrogen) atoms. The van der Waals surface area contributed by atoms with Crippen molar-refractivity contribution in [1.82, 2.24) is 0 Å². The Hall–Kier alpha value is -4.84. The van der Waals surface area contributed by atoms with Crippen molar-refractivity contribution < 1.29 is 23.4 Å². The van der Waals surface area contributed by atoms with Crippen LogP contribution in [0.25, 0.3) is 10.1 Å². The quantitative estimate of drug-likeness (QED) is 0.163. The van der Waals surface area contributed by atoms with Gasteiger partial charge in [0.1, 0.15) is 46.2 Å². The second-order valence-corrected chi connectivity index (χ2v) is 10.6. The maximum Gasteiger partial charge on any atom is 0.355 e. The molecule has 0 amide bonds. The van der Waals surface area contributed by atoms with E-state index < -0.39 is 11.9 Å². The molecule has 4 aromatic carbocycles. The van der Waals surface area contributed by atoms with Crippen molar-refractivity contribution in [3.63, 3.8) is 0 Å². The molecule has 0 bridgehead atoms. The summed E-state index contributed by atoms with van der Waals surface area (Å²) in [6.45, 7) is 0.0438. The van der Waals surface area contributed by atoms with Crippen LogP contribution in [-0.4, -0.2) is 5.97 Å². The average molecular weight is 583 g/mol. The number of rotatable bonds is 6. The Balaban J connectivity index is 1.28. The highest BCUT2D eigenvalue weighted by atomic mass is 35.5. The summed E-state index contributed by atoms with van der Waals surface area (Å²) in [7, 11) is 0. The number of fused-ring (bicyclic) bond motifs is 2. The van der Waals surface area contributed by atoms with Crippen LogP contribution < -0.4 is 19.9 Å². The predicted molar refractivity (Wildman–Crippen MR) is 155 cm³/mol. The molecular weight excluding hydrogens is 563 g/mol. The highest BCUT2D eigenvalue weighted by molar-refractivity contribution is 7.21. The molecule has 0 fully saturated rings. The third-order valence-electron chi connectivity index (χ3n) is 6.66. The zero-order valence-electron chi connectivity index (χ0n) is 21.3.